The first-order valence-electron chi connectivity index (χ1n) is 9.39. The second-order valence-corrected chi connectivity index (χ2v) is 7.76. The highest BCUT2D eigenvalue weighted by Crippen LogP contribution is 2.40. The molecule has 0 spiro atoms. The lowest BCUT2D eigenvalue weighted by molar-refractivity contribution is 0.0918. The van der Waals surface area contributed by atoms with Crippen molar-refractivity contribution in [3.63, 3.8) is 0 Å². The summed E-state index contributed by atoms with van der Waals surface area (Å²) in [7, 11) is 0. The molecule has 2 atom stereocenters. The van der Waals surface area contributed by atoms with Gasteiger partial charge < -0.3 is 10.4 Å². The van der Waals surface area contributed by atoms with Gasteiger partial charge >= 0.3 is 0 Å². The zero-order valence-corrected chi connectivity index (χ0v) is 14.9. The van der Waals surface area contributed by atoms with Crippen LogP contribution in [0.1, 0.15) is 74.0 Å². The van der Waals surface area contributed by atoms with E-state index in [1.54, 1.807) is 6.20 Å². The molecule has 2 fully saturated rings. The number of nitrogens with one attached hydrogen (secondary N) is 1. The Bertz CT molecular complexity index is 794. The molecule has 2 unspecified atom stereocenters. The number of fused-ring (bicyclic) bond motifs is 1. The van der Waals surface area contributed by atoms with Crippen LogP contribution in [0.25, 0.3) is 11.0 Å². The van der Waals surface area contributed by atoms with Crippen molar-refractivity contribution in [2.24, 2.45) is 5.92 Å². The Balaban J connectivity index is 1.64. The average molecular weight is 342 g/mol. The van der Waals surface area contributed by atoms with Gasteiger partial charge in [0, 0.05) is 30.1 Å². The molecule has 6 nitrogen and oxygen atoms in total. The first-order valence-corrected chi connectivity index (χ1v) is 9.39. The highest BCUT2D eigenvalue weighted by molar-refractivity contribution is 6.05. The summed E-state index contributed by atoms with van der Waals surface area (Å²) in [5.41, 5.74) is 2.46. The third-order valence-corrected chi connectivity index (χ3v) is 5.46. The van der Waals surface area contributed by atoms with Gasteiger partial charge in [0.2, 0.25) is 0 Å². The minimum atomic E-state index is -0.288. The largest absolute Gasteiger partial charge is 0.393 e. The van der Waals surface area contributed by atoms with Crippen LogP contribution in [0.5, 0.6) is 0 Å². The molecule has 134 valence electrons. The summed E-state index contributed by atoms with van der Waals surface area (Å²) in [5.74, 6) is 0.558. The predicted octanol–water partition coefficient (Wildman–Crippen LogP) is 2.78. The quantitative estimate of drug-likeness (QED) is 0.875. The average Bonchev–Trinajstić information content (AvgIpc) is 3.22. The summed E-state index contributed by atoms with van der Waals surface area (Å²) < 4.78 is 1.89. The molecule has 2 N–H and O–H groups in total. The van der Waals surface area contributed by atoms with Crippen molar-refractivity contribution in [2.45, 2.75) is 64.0 Å². The van der Waals surface area contributed by atoms with Gasteiger partial charge in [-0.3, -0.25) is 4.79 Å². The number of aliphatic hydroxyl groups is 1. The SMILES string of the molecule is CC(C)n1ncc2c(C(=O)NCC3CCCC3O)cc(C3CC3)nc21. The normalized spacial score (nSPS) is 23.5. The van der Waals surface area contributed by atoms with Gasteiger partial charge in [-0.25, -0.2) is 9.67 Å². The second kappa shape index (κ2) is 6.41. The van der Waals surface area contributed by atoms with Crippen LogP contribution in [0.3, 0.4) is 0 Å². The van der Waals surface area contributed by atoms with Crippen molar-refractivity contribution in [3.8, 4) is 0 Å². The number of aromatic nitrogens is 3. The van der Waals surface area contributed by atoms with Gasteiger partial charge in [0.15, 0.2) is 5.65 Å². The molecule has 2 aromatic heterocycles. The number of hydrogen-bond acceptors (Lipinski definition) is 4. The molecule has 2 heterocycles. The van der Waals surface area contributed by atoms with Crippen molar-refractivity contribution >= 4 is 16.9 Å². The molecule has 0 radical (unpaired) electrons. The summed E-state index contributed by atoms with van der Waals surface area (Å²) >= 11 is 0. The van der Waals surface area contributed by atoms with Crippen LogP contribution in [-0.4, -0.2) is 38.4 Å². The minimum Gasteiger partial charge on any atom is -0.393 e. The number of carbonyl (C=O) groups is 1. The van der Waals surface area contributed by atoms with Gasteiger partial charge in [-0.05, 0) is 45.6 Å². The zero-order chi connectivity index (χ0) is 17.6. The van der Waals surface area contributed by atoms with Gasteiger partial charge in [0.25, 0.3) is 5.91 Å². The van der Waals surface area contributed by atoms with E-state index in [1.165, 1.54) is 0 Å². The van der Waals surface area contributed by atoms with Crippen molar-refractivity contribution in [3.05, 3.63) is 23.5 Å². The van der Waals surface area contributed by atoms with Gasteiger partial charge in [0.1, 0.15) is 0 Å². The Kier molecular flexibility index (Phi) is 4.23. The lowest BCUT2D eigenvalue weighted by Crippen LogP contribution is -2.32. The molecular weight excluding hydrogens is 316 g/mol. The maximum absolute atomic E-state index is 12.8. The number of amides is 1. The molecule has 0 saturated heterocycles. The molecule has 4 rings (SSSR count). The Morgan fingerprint density at radius 3 is 2.80 bits per heavy atom. The van der Waals surface area contributed by atoms with E-state index < -0.39 is 0 Å². The van der Waals surface area contributed by atoms with Gasteiger partial charge in [0.05, 0.1) is 23.3 Å². The van der Waals surface area contributed by atoms with E-state index in [4.69, 9.17) is 4.98 Å². The summed E-state index contributed by atoms with van der Waals surface area (Å²) in [5, 5.41) is 18.2. The van der Waals surface area contributed by atoms with Crippen LogP contribution < -0.4 is 5.32 Å². The number of carbonyl (C=O) groups excluding carboxylic acids is 1. The van der Waals surface area contributed by atoms with Crippen LogP contribution in [0.2, 0.25) is 0 Å². The molecule has 2 aliphatic carbocycles. The fraction of sp³-hybridized carbons (Fsp3) is 0.632. The molecule has 2 saturated carbocycles. The molecular formula is C19H26N4O2. The topological polar surface area (TPSA) is 80.0 Å². The maximum Gasteiger partial charge on any atom is 0.252 e. The third-order valence-electron chi connectivity index (χ3n) is 5.46. The molecule has 6 heteroatoms. The van der Waals surface area contributed by atoms with Crippen molar-refractivity contribution < 1.29 is 9.90 Å². The molecule has 1 amide bonds. The molecule has 0 bridgehead atoms. The van der Waals surface area contributed by atoms with Crippen LogP contribution in [0, 0.1) is 5.92 Å². The number of aliphatic hydroxyl groups excluding tert-OH is 1. The van der Waals surface area contributed by atoms with Crippen molar-refractivity contribution in [2.75, 3.05) is 6.54 Å². The first-order chi connectivity index (χ1) is 12.0. The smallest absolute Gasteiger partial charge is 0.252 e. The molecule has 0 aromatic carbocycles. The predicted molar refractivity (Wildman–Crippen MR) is 95.6 cm³/mol. The van der Waals surface area contributed by atoms with E-state index in [9.17, 15) is 9.90 Å². The van der Waals surface area contributed by atoms with Crippen LogP contribution in [0.15, 0.2) is 12.3 Å². The Labute approximate surface area is 147 Å². The number of rotatable bonds is 5. The van der Waals surface area contributed by atoms with Crippen molar-refractivity contribution in [1.29, 1.82) is 0 Å². The van der Waals surface area contributed by atoms with E-state index in [2.05, 4.69) is 24.3 Å². The lowest BCUT2D eigenvalue weighted by atomic mass is 10.1. The second-order valence-electron chi connectivity index (χ2n) is 7.76. The number of nitrogens with zero attached hydrogens (tertiary/aromatic N) is 3. The van der Waals surface area contributed by atoms with Gasteiger partial charge in [-0.1, -0.05) is 6.42 Å². The standard InChI is InChI=1S/C19H26N4O2/c1-11(2)23-18-15(10-21-23)14(8-16(22-18)12-6-7-12)19(25)20-9-13-4-3-5-17(13)24/h8,10-13,17,24H,3-7,9H2,1-2H3,(H,20,25). The van der Waals surface area contributed by atoms with Crippen LogP contribution >= 0.6 is 0 Å². The van der Waals surface area contributed by atoms with E-state index in [0.717, 1.165) is 48.8 Å². The minimum absolute atomic E-state index is 0.0864. The fourth-order valence-electron chi connectivity index (χ4n) is 3.77. The Morgan fingerprint density at radius 2 is 2.16 bits per heavy atom. The Hall–Kier alpha value is -1.95. The van der Waals surface area contributed by atoms with E-state index >= 15 is 0 Å². The molecule has 25 heavy (non-hydrogen) atoms. The summed E-state index contributed by atoms with van der Waals surface area (Å²) in [4.78, 5) is 17.6. The highest BCUT2D eigenvalue weighted by atomic mass is 16.3. The maximum atomic E-state index is 12.8. The Morgan fingerprint density at radius 1 is 1.36 bits per heavy atom. The number of pyridine rings is 1. The van der Waals surface area contributed by atoms with E-state index in [1.807, 2.05) is 10.7 Å². The lowest BCUT2D eigenvalue weighted by Gasteiger charge is -2.16. The van der Waals surface area contributed by atoms with Crippen LogP contribution in [0.4, 0.5) is 0 Å². The van der Waals surface area contributed by atoms with E-state index in [0.29, 0.717) is 18.0 Å². The van der Waals surface area contributed by atoms with E-state index in [-0.39, 0.29) is 24.0 Å². The zero-order valence-electron chi connectivity index (χ0n) is 14.9. The monoisotopic (exact) mass is 342 g/mol. The molecule has 2 aliphatic rings. The van der Waals surface area contributed by atoms with Gasteiger partial charge in [-0.2, -0.15) is 5.10 Å². The summed E-state index contributed by atoms with van der Waals surface area (Å²) in [6.45, 7) is 4.67. The first kappa shape index (κ1) is 16.5. The van der Waals surface area contributed by atoms with Gasteiger partial charge in [-0.15, -0.1) is 0 Å². The van der Waals surface area contributed by atoms with Crippen molar-refractivity contribution in [1.82, 2.24) is 20.1 Å². The fourth-order valence-corrected chi connectivity index (χ4v) is 3.77. The highest BCUT2D eigenvalue weighted by Gasteiger charge is 2.29. The summed E-state index contributed by atoms with van der Waals surface area (Å²) in [6, 6.07) is 2.14. The molecule has 2 aromatic rings. The third kappa shape index (κ3) is 3.15. The molecule has 0 aliphatic heterocycles. The summed E-state index contributed by atoms with van der Waals surface area (Å²) in [6.07, 6.45) is 6.60. The van der Waals surface area contributed by atoms with Crippen LogP contribution in [-0.2, 0) is 0 Å². The number of hydrogen-bond donors (Lipinski definition) is 2.